The summed E-state index contributed by atoms with van der Waals surface area (Å²) in [4.78, 5) is 23.9. The van der Waals surface area contributed by atoms with Gasteiger partial charge in [0.15, 0.2) is 0 Å². The van der Waals surface area contributed by atoms with Gasteiger partial charge in [-0.3, -0.25) is 4.79 Å². The molecule has 5 nitrogen and oxygen atoms in total. The Labute approximate surface area is 165 Å². The predicted octanol–water partition coefficient (Wildman–Crippen LogP) is 2.69. The van der Waals surface area contributed by atoms with Crippen molar-refractivity contribution in [2.45, 2.75) is 0 Å². The molecule has 1 aromatic heterocycles. The summed E-state index contributed by atoms with van der Waals surface area (Å²) in [5, 5.41) is 0. The number of benzene rings is 1. The smallest absolute Gasteiger partial charge is 0.253 e. The Kier molecular flexibility index (Phi) is 5.64. The summed E-state index contributed by atoms with van der Waals surface area (Å²) in [7, 11) is 2.10. The maximum absolute atomic E-state index is 12.7. The highest BCUT2D eigenvalue weighted by Gasteiger charge is 2.20. The van der Waals surface area contributed by atoms with Crippen molar-refractivity contribution in [3.63, 3.8) is 0 Å². The van der Waals surface area contributed by atoms with Gasteiger partial charge >= 0.3 is 0 Å². The fourth-order valence-electron chi connectivity index (χ4n) is 3.53. The van der Waals surface area contributed by atoms with E-state index in [1.165, 1.54) is 11.5 Å². The molecule has 27 heavy (non-hydrogen) atoms. The van der Waals surface area contributed by atoms with Crippen LogP contribution in [0.5, 0.6) is 0 Å². The normalized spacial score (nSPS) is 18.6. The van der Waals surface area contributed by atoms with Gasteiger partial charge in [-0.15, -0.1) is 0 Å². The molecule has 2 aliphatic rings. The molecule has 2 aromatic rings. The summed E-state index contributed by atoms with van der Waals surface area (Å²) >= 11 is 2.00. The summed E-state index contributed by atoms with van der Waals surface area (Å²) in [5.74, 6) is 3.53. The van der Waals surface area contributed by atoms with Crippen LogP contribution in [0.15, 0.2) is 42.6 Å². The maximum Gasteiger partial charge on any atom is 0.253 e. The van der Waals surface area contributed by atoms with E-state index in [1.54, 1.807) is 0 Å². The minimum Gasteiger partial charge on any atom is -0.355 e. The van der Waals surface area contributed by atoms with E-state index in [4.69, 9.17) is 0 Å². The van der Waals surface area contributed by atoms with Crippen molar-refractivity contribution in [2.24, 2.45) is 0 Å². The van der Waals surface area contributed by atoms with Crippen molar-refractivity contribution in [2.75, 3.05) is 62.7 Å². The summed E-state index contributed by atoms with van der Waals surface area (Å²) in [6, 6.07) is 12.2. The Bertz CT molecular complexity index is 764. The monoisotopic (exact) mass is 382 g/mol. The zero-order chi connectivity index (χ0) is 18.6. The molecule has 0 saturated carbocycles. The van der Waals surface area contributed by atoms with E-state index in [0.29, 0.717) is 0 Å². The first-order valence-electron chi connectivity index (χ1n) is 9.58. The highest BCUT2D eigenvalue weighted by molar-refractivity contribution is 7.99. The van der Waals surface area contributed by atoms with Crippen LogP contribution in [-0.4, -0.2) is 78.5 Å². The standard InChI is InChI=1S/C21H26N4OS/c1-23-8-10-25(11-9-23)21(26)18-4-2-17(3-5-18)19-6-7-20(22-16-19)24-12-14-27-15-13-24/h2-7,16H,8-15H2,1H3. The molecule has 2 fully saturated rings. The number of rotatable bonds is 3. The third kappa shape index (κ3) is 4.28. The van der Waals surface area contributed by atoms with Crippen LogP contribution >= 0.6 is 11.8 Å². The SMILES string of the molecule is CN1CCN(C(=O)c2ccc(-c3ccc(N4CCSCC4)nc3)cc2)CC1. The van der Waals surface area contributed by atoms with Gasteiger partial charge in [0.25, 0.3) is 5.91 Å². The molecule has 0 N–H and O–H groups in total. The van der Waals surface area contributed by atoms with Crippen molar-refractivity contribution >= 4 is 23.5 Å². The molecular weight excluding hydrogens is 356 g/mol. The highest BCUT2D eigenvalue weighted by Crippen LogP contribution is 2.23. The first-order chi connectivity index (χ1) is 13.2. The Morgan fingerprint density at radius 2 is 1.56 bits per heavy atom. The number of piperazine rings is 1. The van der Waals surface area contributed by atoms with Gasteiger partial charge in [0.05, 0.1) is 0 Å². The molecule has 1 amide bonds. The number of thioether (sulfide) groups is 1. The Morgan fingerprint density at radius 1 is 0.889 bits per heavy atom. The lowest BCUT2D eigenvalue weighted by atomic mass is 10.0. The predicted molar refractivity (Wildman–Crippen MR) is 113 cm³/mol. The van der Waals surface area contributed by atoms with Gasteiger partial charge < -0.3 is 14.7 Å². The molecule has 4 rings (SSSR count). The second kappa shape index (κ2) is 8.31. The molecule has 3 heterocycles. The molecular formula is C21H26N4OS. The average molecular weight is 383 g/mol. The van der Waals surface area contributed by atoms with Crippen LogP contribution in [0.2, 0.25) is 0 Å². The number of pyridine rings is 1. The molecule has 0 spiro atoms. The lowest BCUT2D eigenvalue weighted by molar-refractivity contribution is 0.0664. The van der Waals surface area contributed by atoms with Crippen molar-refractivity contribution in [3.8, 4) is 11.1 Å². The molecule has 2 aliphatic heterocycles. The molecule has 0 unspecified atom stereocenters. The van der Waals surface area contributed by atoms with Gasteiger partial charge in [-0.05, 0) is 36.9 Å². The van der Waals surface area contributed by atoms with Crippen LogP contribution in [0.4, 0.5) is 5.82 Å². The molecule has 0 aliphatic carbocycles. The van der Waals surface area contributed by atoms with Gasteiger partial charge in [-0.25, -0.2) is 4.98 Å². The number of amides is 1. The zero-order valence-electron chi connectivity index (χ0n) is 15.8. The minimum atomic E-state index is 0.131. The number of hydrogen-bond acceptors (Lipinski definition) is 5. The summed E-state index contributed by atoms with van der Waals surface area (Å²) in [6.07, 6.45) is 1.94. The van der Waals surface area contributed by atoms with Crippen LogP contribution < -0.4 is 4.90 Å². The van der Waals surface area contributed by atoms with Gasteiger partial charge in [-0.2, -0.15) is 11.8 Å². The van der Waals surface area contributed by atoms with Crippen LogP contribution in [-0.2, 0) is 0 Å². The largest absolute Gasteiger partial charge is 0.355 e. The topological polar surface area (TPSA) is 39.7 Å². The quantitative estimate of drug-likeness (QED) is 0.816. The number of nitrogens with zero attached hydrogens (tertiary/aromatic N) is 4. The molecule has 0 atom stereocenters. The Balaban J connectivity index is 1.43. The maximum atomic E-state index is 12.7. The first kappa shape index (κ1) is 18.3. The lowest BCUT2D eigenvalue weighted by Crippen LogP contribution is -2.47. The van der Waals surface area contributed by atoms with Crippen molar-refractivity contribution in [1.29, 1.82) is 0 Å². The van der Waals surface area contributed by atoms with Crippen molar-refractivity contribution < 1.29 is 4.79 Å². The van der Waals surface area contributed by atoms with E-state index in [0.717, 1.165) is 61.8 Å². The second-order valence-electron chi connectivity index (χ2n) is 7.18. The van der Waals surface area contributed by atoms with E-state index >= 15 is 0 Å². The second-order valence-corrected chi connectivity index (χ2v) is 8.40. The number of anilines is 1. The van der Waals surface area contributed by atoms with E-state index in [1.807, 2.05) is 47.1 Å². The van der Waals surface area contributed by atoms with E-state index in [9.17, 15) is 4.79 Å². The molecule has 2 saturated heterocycles. The molecule has 0 radical (unpaired) electrons. The van der Waals surface area contributed by atoms with Crippen LogP contribution in [0.25, 0.3) is 11.1 Å². The fraction of sp³-hybridized carbons (Fsp3) is 0.429. The molecule has 142 valence electrons. The number of hydrogen-bond donors (Lipinski definition) is 0. The van der Waals surface area contributed by atoms with E-state index < -0.39 is 0 Å². The highest BCUT2D eigenvalue weighted by atomic mass is 32.2. The van der Waals surface area contributed by atoms with Crippen molar-refractivity contribution in [3.05, 3.63) is 48.2 Å². The number of carbonyl (C=O) groups is 1. The molecule has 1 aromatic carbocycles. The van der Waals surface area contributed by atoms with E-state index in [-0.39, 0.29) is 5.91 Å². The number of aromatic nitrogens is 1. The zero-order valence-corrected chi connectivity index (χ0v) is 16.6. The van der Waals surface area contributed by atoms with Gasteiger partial charge in [0.2, 0.25) is 0 Å². The Morgan fingerprint density at radius 3 is 2.19 bits per heavy atom. The van der Waals surface area contributed by atoms with Gasteiger partial charge in [0, 0.05) is 68.1 Å². The van der Waals surface area contributed by atoms with Crippen molar-refractivity contribution in [1.82, 2.24) is 14.8 Å². The Hall–Kier alpha value is -2.05. The third-order valence-corrected chi connectivity index (χ3v) is 6.28. The first-order valence-corrected chi connectivity index (χ1v) is 10.7. The van der Waals surface area contributed by atoms with Crippen LogP contribution in [0.3, 0.4) is 0 Å². The third-order valence-electron chi connectivity index (χ3n) is 5.34. The number of likely N-dealkylation sites (N-methyl/N-ethyl adjacent to an activating group) is 1. The van der Waals surface area contributed by atoms with Crippen LogP contribution in [0, 0.1) is 0 Å². The molecule has 6 heteroatoms. The minimum absolute atomic E-state index is 0.131. The summed E-state index contributed by atoms with van der Waals surface area (Å²) in [6.45, 7) is 5.63. The summed E-state index contributed by atoms with van der Waals surface area (Å²) in [5.41, 5.74) is 2.95. The van der Waals surface area contributed by atoms with Gasteiger partial charge in [0.1, 0.15) is 5.82 Å². The fourth-order valence-corrected chi connectivity index (χ4v) is 4.44. The molecule has 0 bridgehead atoms. The van der Waals surface area contributed by atoms with Gasteiger partial charge in [-0.1, -0.05) is 12.1 Å². The van der Waals surface area contributed by atoms with E-state index in [2.05, 4.69) is 34.0 Å². The van der Waals surface area contributed by atoms with Crippen LogP contribution in [0.1, 0.15) is 10.4 Å². The number of carbonyl (C=O) groups excluding carboxylic acids is 1. The lowest BCUT2D eigenvalue weighted by Gasteiger charge is -2.32. The average Bonchev–Trinajstić information content (AvgIpc) is 2.75. The summed E-state index contributed by atoms with van der Waals surface area (Å²) < 4.78 is 0.